The summed E-state index contributed by atoms with van der Waals surface area (Å²) < 4.78 is 5.31. The Bertz CT molecular complexity index is 813. The van der Waals surface area contributed by atoms with Gasteiger partial charge in [0.15, 0.2) is 5.69 Å². The topological polar surface area (TPSA) is 78.9 Å². The van der Waals surface area contributed by atoms with Crippen LogP contribution in [0.1, 0.15) is 63.5 Å². The van der Waals surface area contributed by atoms with Crippen molar-refractivity contribution in [3.05, 3.63) is 33.0 Å². The summed E-state index contributed by atoms with van der Waals surface area (Å²) in [7, 11) is 0. The van der Waals surface area contributed by atoms with Crippen LogP contribution in [0.15, 0.2) is 4.52 Å². The Balaban J connectivity index is 1.63. The van der Waals surface area contributed by atoms with E-state index in [0.717, 1.165) is 68.3 Å². The number of nitrogens with one attached hydrogen (secondary N) is 1. The molecule has 23 heavy (non-hydrogen) atoms. The number of rotatable bonds is 2. The Kier molecular flexibility index (Phi) is 3.66. The van der Waals surface area contributed by atoms with Crippen molar-refractivity contribution in [1.82, 2.24) is 5.16 Å². The predicted octanol–water partition coefficient (Wildman–Crippen LogP) is 3.62. The van der Waals surface area contributed by atoms with Gasteiger partial charge in [-0.2, -0.15) is 5.26 Å². The highest BCUT2D eigenvalue weighted by Crippen LogP contribution is 2.38. The van der Waals surface area contributed by atoms with Gasteiger partial charge in [0.2, 0.25) is 0 Å². The van der Waals surface area contributed by atoms with E-state index in [0.29, 0.717) is 16.3 Å². The van der Waals surface area contributed by atoms with Crippen LogP contribution in [0.3, 0.4) is 0 Å². The van der Waals surface area contributed by atoms with Gasteiger partial charge in [0.25, 0.3) is 5.91 Å². The first-order valence-corrected chi connectivity index (χ1v) is 8.93. The van der Waals surface area contributed by atoms with Crippen molar-refractivity contribution in [2.45, 2.75) is 51.4 Å². The quantitative estimate of drug-likeness (QED) is 0.913. The highest BCUT2D eigenvalue weighted by molar-refractivity contribution is 7.16. The molecule has 0 atom stereocenters. The van der Waals surface area contributed by atoms with Crippen LogP contribution in [0.5, 0.6) is 0 Å². The van der Waals surface area contributed by atoms with Crippen LogP contribution in [0.2, 0.25) is 0 Å². The molecule has 0 saturated carbocycles. The Morgan fingerprint density at radius 2 is 1.87 bits per heavy atom. The van der Waals surface area contributed by atoms with Crippen molar-refractivity contribution in [2.24, 2.45) is 0 Å². The third kappa shape index (κ3) is 2.45. The minimum absolute atomic E-state index is 0.257. The number of nitrogens with zero attached hydrogens (tertiary/aromatic N) is 2. The minimum atomic E-state index is -0.257. The highest BCUT2D eigenvalue weighted by Gasteiger charge is 2.26. The largest absolute Gasteiger partial charge is 0.360 e. The number of aromatic nitrogens is 1. The molecular weight excluding hydrogens is 310 g/mol. The molecule has 2 aliphatic carbocycles. The monoisotopic (exact) mass is 327 g/mol. The predicted molar refractivity (Wildman–Crippen MR) is 86.8 cm³/mol. The van der Waals surface area contributed by atoms with E-state index in [1.165, 1.54) is 16.2 Å². The SMILES string of the molecule is N#Cc1c(NC(=O)c2noc3c2CCCC3)sc2c1CCCC2. The number of nitriles is 1. The van der Waals surface area contributed by atoms with Crippen LogP contribution in [-0.4, -0.2) is 11.1 Å². The van der Waals surface area contributed by atoms with Crippen molar-refractivity contribution in [3.63, 3.8) is 0 Å². The molecule has 5 nitrogen and oxygen atoms in total. The van der Waals surface area contributed by atoms with Gasteiger partial charge in [-0.25, -0.2) is 0 Å². The number of amides is 1. The van der Waals surface area contributed by atoms with Crippen molar-refractivity contribution in [1.29, 1.82) is 5.26 Å². The lowest BCUT2D eigenvalue weighted by Gasteiger charge is -2.09. The van der Waals surface area contributed by atoms with Gasteiger partial charge < -0.3 is 9.84 Å². The average molecular weight is 327 g/mol. The van der Waals surface area contributed by atoms with Crippen molar-refractivity contribution < 1.29 is 9.32 Å². The maximum absolute atomic E-state index is 12.6. The summed E-state index contributed by atoms with van der Waals surface area (Å²) in [6.45, 7) is 0. The first-order valence-electron chi connectivity index (χ1n) is 8.11. The zero-order valence-electron chi connectivity index (χ0n) is 12.8. The number of carbonyl (C=O) groups is 1. The van der Waals surface area contributed by atoms with Crippen LogP contribution in [-0.2, 0) is 25.7 Å². The number of fused-ring (bicyclic) bond motifs is 2. The molecule has 0 aromatic carbocycles. The van der Waals surface area contributed by atoms with E-state index in [9.17, 15) is 10.1 Å². The number of hydrogen-bond donors (Lipinski definition) is 1. The number of carbonyl (C=O) groups excluding carboxylic acids is 1. The Labute approximate surface area is 138 Å². The lowest BCUT2D eigenvalue weighted by atomic mass is 9.95. The Morgan fingerprint density at radius 3 is 2.70 bits per heavy atom. The molecule has 0 bridgehead atoms. The molecule has 0 unspecified atom stereocenters. The molecule has 2 aliphatic rings. The molecule has 6 heteroatoms. The van der Waals surface area contributed by atoms with Crippen LogP contribution in [0, 0.1) is 11.3 Å². The van der Waals surface area contributed by atoms with Crippen LogP contribution >= 0.6 is 11.3 Å². The van der Waals surface area contributed by atoms with Crippen LogP contribution < -0.4 is 5.32 Å². The van der Waals surface area contributed by atoms with E-state index >= 15 is 0 Å². The minimum Gasteiger partial charge on any atom is -0.360 e. The molecule has 118 valence electrons. The molecule has 0 fully saturated rings. The fourth-order valence-corrected chi connectivity index (χ4v) is 4.73. The molecule has 2 aromatic rings. The molecule has 0 radical (unpaired) electrons. The summed E-state index contributed by atoms with van der Waals surface area (Å²) >= 11 is 1.54. The Morgan fingerprint density at radius 1 is 1.13 bits per heavy atom. The molecule has 0 saturated heterocycles. The third-order valence-corrected chi connectivity index (χ3v) is 5.88. The second-order valence-corrected chi connectivity index (χ2v) is 7.23. The molecule has 0 spiro atoms. The van der Waals surface area contributed by atoms with Gasteiger partial charge in [0.05, 0.1) is 5.56 Å². The van der Waals surface area contributed by atoms with Gasteiger partial charge in [0, 0.05) is 16.9 Å². The van der Waals surface area contributed by atoms with Gasteiger partial charge in [0.1, 0.15) is 16.8 Å². The lowest BCUT2D eigenvalue weighted by Crippen LogP contribution is -2.15. The number of aryl methyl sites for hydroxylation is 2. The van der Waals surface area contributed by atoms with Crippen molar-refractivity contribution in [3.8, 4) is 6.07 Å². The summed E-state index contributed by atoms with van der Waals surface area (Å²) in [4.78, 5) is 13.8. The average Bonchev–Trinajstić information content (AvgIpc) is 3.15. The molecule has 1 amide bonds. The standard InChI is InChI=1S/C17H17N3O2S/c18-9-12-10-5-2-4-8-14(10)23-17(12)19-16(21)15-11-6-1-3-7-13(11)22-20-15/h1-8H2,(H,19,21). The molecular formula is C17H17N3O2S. The van der Waals surface area contributed by atoms with Crippen LogP contribution in [0.25, 0.3) is 0 Å². The molecule has 2 heterocycles. The molecule has 4 rings (SSSR count). The normalized spacial score (nSPS) is 16.3. The van der Waals surface area contributed by atoms with Crippen molar-refractivity contribution >= 4 is 22.2 Å². The summed E-state index contributed by atoms with van der Waals surface area (Å²) in [5.41, 5.74) is 3.08. The smallest absolute Gasteiger partial charge is 0.278 e. The zero-order valence-corrected chi connectivity index (χ0v) is 13.6. The number of thiophene rings is 1. The zero-order chi connectivity index (χ0) is 15.8. The molecule has 0 aliphatic heterocycles. The van der Waals surface area contributed by atoms with E-state index < -0.39 is 0 Å². The summed E-state index contributed by atoms with van der Waals surface area (Å²) in [5, 5.41) is 17.0. The maximum atomic E-state index is 12.6. The summed E-state index contributed by atoms with van der Waals surface area (Å²) in [6, 6.07) is 2.27. The fraction of sp³-hybridized carbons (Fsp3) is 0.471. The lowest BCUT2D eigenvalue weighted by molar-refractivity contribution is 0.101. The van der Waals surface area contributed by atoms with Gasteiger partial charge in [-0.05, 0) is 50.5 Å². The van der Waals surface area contributed by atoms with E-state index in [-0.39, 0.29) is 5.91 Å². The van der Waals surface area contributed by atoms with Crippen LogP contribution in [0.4, 0.5) is 5.00 Å². The van der Waals surface area contributed by atoms with Gasteiger partial charge >= 0.3 is 0 Å². The van der Waals surface area contributed by atoms with E-state index in [1.807, 2.05) is 0 Å². The number of hydrogen-bond acceptors (Lipinski definition) is 5. The highest BCUT2D eigenvalue weighted by atomic mass is 32.1. The molecule has 1 N–H and O–H groups in total. The number of anilines is 1. The summed E-state index contributed by atoms with van der Waals surface area (Å²) in [5.74, 6) is 0.583. The maximum Gasteiger partial charge on any atom is 0.278 e. The van der Waals surface area contributed by atoms with Gasteiger partial charge in [-0.1, -0.05) is 5.16 Å². The fourth-order valence-electron chi connectivity index (χ4n) is 3.50. The van der Waals surface area contributed by atoms with E-state index in [4.69, 9.17) is 4.52 Å². The van der Waals surface area contributed by atoms with E-state index in [2.05, 4.69) is 16.5 Å². The molecule has 2 aromatic heterocycles. The van der Waals surface area contributed by atoms with Gasteiger partial charge in [-0.15, -0.1) is 11.3 Å². The van der Waals surface area contributed by atoms with E-state index in [1.54, 1.807) is 0 Å². The second kappa shape index (κ2) is 5.82. The van der Waals surface area contributed by atoms with Crippen molar-refractivity contribution in [2.75, 3.05) is 5.32 Å². The third-order valence-electron chi connectivity index (χ3n) is 4.68. The first kappa shape index (κ1) is 14.5. The summed E-state index contributed by atoms with van der Waals surface area (Å²) in [6.07, 6.45) is 8.05. The second-order valence-electron chi connectivity index (χ2n) is 6.12. The first-order chi connectivity index (χ1) is 11.3. The Hall–Kier alpha value is -2.13. The van der Waals surface area contributed by atoms with Gasteiger partial charge in [-0.3, -0.25) is 4.79 Å².